The molecular formula is C17H29N5O2S. The molecule has 1 amide bonds. The van der Waals surface area contributed by atoms with Crippen LogP contribution in [0.15, 0.2) is 16.6 Å². The van der Waals surface area contributed by atoms with Crippen LogP contribution >= 0.6 is 11.3 Å². The number of likely N-dealkylation sites (N-methyl/N-ethyl adjacent to an activating group) is 2. The van der Waals surface area contributed by atoms with E-state index in [-0.39, 0.29) is 18.6 Å². The fourth-order valence-electron chi connectivity index (χ4n) is 2.66. The number of hydrogen-bond donors (Lipinski definition) is 1. The van der Waals surface area contributed by atoms with Crippen molar-refractivity contribution in [1.82, 2.24) is 20.1 Å². The molecule has 0 bridgehead atoms. The lowest BCUT2D eigenvalue weighted by molar-refractivity contribution is -0.127. The lowest BCUT2D eigenvalue weighted by Gasteiger charge is -2.26. The summed E-state index contributed by atoms with van der Waals surface area (Å²) in [5.74, 6) is 1.01. The quantitative estimate of drug-likeness (QED) is 0.583. The second-order valence-electron chi connectivity index (χ2n) is 6.60. The fourth-order valence-corrected chi connectivity index (χ4v) is 3.35. The zero-order valence-corrected chi connectivity index (χ0v) is 16.4. The van der Waals surface area contributed by atoms with E-state index >= 15 is 0 Å². The van der Waals surface area contributed by atoms with Gasteiger partial charge >= 0.3 is 0 Å². The van der Waals surface area contributed by atoms with Crippen LogP contribution in [0.4, 0.5) is 0 Å². The number of thiazole rings is 1. The lowest BCUT2D eigenvalue weighted by Crippen LogP contribution is -2.44. The van der Waals surface area contributed by atoms with Crippen LogP contribution in [0, 0.1) is 0 Å². The first-order valence-electron chi connectivity index (χ1n) is 8.68. The van der Waals surface area contributed by atoms with E-state index in [0.717, 1.165) is 37.0 Å². The highest BCUT2D eigenvalue weighted by molar-refractivity contribution is 7.09. The second kappa shape index (κ2) is 9.72. The topological polar surface area (TPSA) is 70.1 Å². The van der Waals surface area contributed by atoms with Crippen molar-refractivity contribution in [3.63, 3.8) is 0 Å². The van der Waals surface area contributed by atoms with Crippen LogP contribution in [-0.4, -0.2) is 80.1 Å². The first kappa shape index (κ1) is 19.7. The molecule has 1 aliphatic rings. The highest BCUT2D eigenvalue weighted by atomic mass is 32.1. The molecule has 2 atom stereocenters. The molecule has 0 aromatic carbocycles. The van der Waals surface area contributed by atoms with Crippen LogP contribution in [0.3, 0.4) is 0 Å². The molecule has 0 spiro atoms. The van der Waals surface area contributed by atoms with Gasteiger partial charge in [0.05, 0.1) is 11.1 Å². The summed E-state index contributed by atoms with van der Waals surface area (Å²) in [7, 11) is 5.47. The number of carbonyl (C=O) groups excluding carboxylic acids is 1. The SMILES string of the molecule is CC(CN(C)C(=NCC(=O)N(C)C)NCC1CCCO1)c1nccs1. The van der Waals surface area contributed by atoms with Crippen molar-refractivity contribution in [2.75, 3.05) is 47.4 Å². The number of rotatable bonds is 7. The molecule has 2 unspecified atom stereocenters. The molecule has 2 heterocycles. The van der Waals surface area contributed by atoms with E-state index in [9.17, 15) is 4.79 Å². The van der Waals surface area contributed by atoms with Crippen molar-refractivity contribution in [3.8, 4) is 0 Å². The molecule has 0 radical (unpaired) electrons. The summed E-state index contributed by atoms with van der Waals surface area (Å²) in [6, 6.07) is 0. The predicted molar refractivity (Wildman–Crippen MR) is 101 cm³/mol. The van der Waals surface area contributed by atoms with E-state index in [1.54, 1.807) is 30.3 Å². The number of guanidine groups is 1. The van der Waals surface area contributed by atoms with E-state index < -0.39 is 0 Å². The van der Waals surface area contributed by atoms with E-state index in [0.29, 0.717) is 12.5 Å². The van der Waals surface area contributed by atoms with Crippen molar-refractivity contribution in [3.05, 3.63) is 16.6 Å². The summed E-state index contributed by atoms with van der Waals surface area (Å²) in [6.45, 7) is 4.61. The van der Waals surface area contributed by atoms with Gasteiger partial charge in [-0.05, 0) is 12.8 Å². The molecule has 2 rings (SSSR count). The van der Waals surface area contributed by atoms with Crippen molar-refractivity contribution in [2.45, 2.75) is 31.8 Å². The average Bonchev–Trinajstić information content (AvgIpc) is 3.27. The van der Waals surface area contributed by atoms with Gasteiger partial charge in [-0.3, -0.25) is 4.79 Å². The minimum Gasteiger partial charge on any atom is -0.376 e. The van der Waals surface area contributed by atoms with Gasteiger partial charge in [0.1, 0.15) is 6.54 Å². The Kier molecular flexibility index (Phi) is 7.64. The number of nitrogens with zero attached hydrogens (tertiary/aromatic N) is 4. The zero-order chi connectivity index (χ0) is 18.2. The molecule has 0 saturated carbocycles. The fraction of sp³-hybridized carbons (Fsp3) is 0.706. The lowest BCUT2D eigenvalue weighted by atomic mass is 10.2. The summed E-state index contributed by atoms with van der Waals surface area (Å²) in [5.41, 5.74) is 0. The summed E-state index contributed by atoms with van der Waals surface area (Å²) in [4.78, 5) is 24.4. The number of aromatic nitrogens is 1. The van der Waals surface area contributed by atoms with Crippen molar-refractivity contribution < 1.29 is 9.53 Å². The minimum atomic E-state index is -0.0159. The molecule has 0 aliphatic carbocycles. The Balaban J connectivity index is 1.97. The number of aliphatic imine (C=N–C) groups is 1. The van der Waals surface area contributed by atoms with Crippen LogP contribution in [0.2, 0.25) is 0 Å². The number of hydrogen-bond acceptors (Lipinski definition) is 5. The molecule has 140 valence electrons. The summed E-state index contributed by atoms with van der Waals surface area (Å²) in [6.07, 6.45) is 4.22. The highest BCUT2D eigenvalue weighted by Crippen LogP contribution is 2.18. The number of nitrogens with one attached hydrogen (secondary N) is 1. The maximum Gasteiger partial charge on any atom is 0.243 e. The maximum absolute atomic E-state index is 11.9. The van der Waals surface area contributed by atoms with Crippen molar-refractivity contribution in [2.24, 2.45) is 4.99 Å². The monoisotopic (exact) mass is 367 g/mol. The molecule has 1 saturated heterocycles. The van der Waals surface area contributed by atoms with Gasteiger partial charge in [-0.1, -0.05) is 6.92 Å². The van der Waals surface area contributed by atoms with Crippen LogP contribution < -0.4 is 5.32 Å². The van der Waals surface area contributed by atoms with Gasteiger partial charge in [-0.2, -0.15) is 0 Å². The number of amides is 1. The highest BCUT2D eigenvalue weighted by Gasteiger charge is 2.19. The van der Waals surface area contributed by atoms with Gasteiger partial charge in [0.25, 0.3) is 0 Å². The van der Waals surface area contributed by atoms with Crippen LogP contribution in [0.1, 0.15) is 30.7 Å². The summed E-state index contributed by atoms with van der Waals surface area (Å²) >= 11 is 1.66. The van der Waals surface area contributed by atoms with Gasteiger partial charge in [-0.15, -0.1) is 11.3 Å². The van der Waals surface area contributed by atoms with Gasteiger partial charge in [-0.25, -0.2) is 9.98 Å². The first-order valence-corrected chi connectivity index (χ1v) is 9.56. The second-order valence-corrected chi connectivity index (χ2v) is 7.52. The Bertz CT molecular complexity index is 555. The van der Waals surface area contributed by atoms with Crippen molar-refractivity contribution in [1.29, 1.82) is 0 Å². The molecule has 7 nitrogen and oxygen atoms in total. The Hall–Kier alpha value is -1.67. The molecule has 1 fully saturated rings. The van der Waals surface area contributed by atoms with Gasteiger partial charge in [0.2, 0.25) is 5.91 Å². The first-order chi connectivity index (χ1) is 12.0. The van der Waals surface area contributed by atoms with E-state index in [1.165, 1.54) is 0 Å². The van der Waals surface area contributed by atoms with E-state index in [2.05, 4.69) is 27.1 Å². The molecular weight excluding hydrogens is 338 g/mol. The third-order valence-corrected chi connectivity index (χ3v) is 5.16. The average molecular weight is 368 g/mol. The molecule has 1 aromatic rings. The Labute approximate surface area is 154 Å². The standard InChI is InChI=1S/C17H29N5O2S/c1-13(16-18-7-9-25-16)12-22(4)17(20-11-15(23)21(2)3)19-10-14-6-5-8-24-14/h7,9,13-14H,5-6,8,10-12H2,1-4H3,(H,19,20). The number of ether oxygens (including phenoxy) is 1. The smallest absolute Gasteiger partial charge is 0.243 e. The van der Waals surface area contributed by atoms with Crippen LogP contribution in [0.5, 0.6) is 0 Å². The van der Waals surface area contributed by atoms with Gasteiger partial charge in [0.15, 0.2) is 5.96 Å². The normalized spacial score (nSPS) is 18.9. The molecule has 1 N–H and O–H groups in total. The number of carbonyl (C=O) groups is 1. The summed E-state index contributed by atoms with van der Waals surface area (Å²) < 4.78 is 5.67. The van der Waals surface area contributed by atoms with Crippen LogP contribution in [-0.2, 0) is 9.53 Å². The molecule has 25 heavy (non-hydrogen) atoms. The molecule has 8 heteroatoms. The maximum atomic E-state index is 11.9. The third kappa shape index (κ3) is 6.28. The predicted octanol–water partition coefficient (Wildman–Crippen LogP) is 1.39. The van der Waals surface area contributed by atoms with Gasteiger partial charge in [0, 0.05) is 58.3 Å². The molecule has 1 aliphatic heterocycles. The summed E-state index contributed by atoms with van der Waals surface area (Å²) in [5, 5.41) is 6.47. The van der Waals surface area contributed by atoms with E-state index in [4.69, 9.17) is 4.74 Å². The zero-order valence-electron chi connectivity index (χ0n) is 15.6. The van der Waals surface area contributed by atoms with Crippen molar-refractivity contribution >= 4 is 23.2 Å². The molecule has 1 aromatic heterocycles. The largest absolute Gasteiger partial charge is 0.376 e. The Morgan fingerprint density at radius 1 is 1.52 bits per heavy atom. The van der Waals surface area contributed by atoms with E-state index in [1.807, 2.05) is 18.6 Å². The Morgan fingerprint density at radius 3 is 2.92 bits per heavy atom. The van der Waals surface area contributed by atoms with Crippen LogP contribution in [0.25, 0.3) is 0 Å². The van der Waals surface area contributed by atoms with Gasteiger partial charge < -0.3 is 19.9 Å². The Morgan fingerprint density at radius 2 is 2.32 bits per heavy atom. The third-order valence-electron chi connectivity index (χ3n) is 4.16. The minimum absolute atomic E-state index is 0.0159.